The van der Waals surface area contributed by atoms with Crippen LogP contribution >= 0.6 is 0 Å². The first kappa shape index (κ1) is 18.2. The molecule has 29 heavy (non-hydrogen) atoms. The molecule has 0 atom stereocenters. The third-order valence-corrected chi connectivity index (χ3v) is 4.23. The molecule has 0 saturated carbocycles. The molecule has 3 heterocycles. The Morgan fingerprint density at radius 1 is 1.34 bits per heavy atom. The highest BCUT2D eigenvalue weighted by Crippen LogP contribution is 2.28. The minimum Gasteiger partial charge on any atom is -0.482 e. The van der Waals surface area contributed by atoms with Crippen LogP contribution in [-0.2, 0) is 11.3 Å². The van der Waals surface area contributed by atoms with Crippen LogP contribution < -0.4 is 32.5 Å². The summed E-state index contributed by atoms with van der Waals surface area (Å²) in [7, 11) is 0. The van der Waals surface area contributed by atoms with Gasteiger partial charge in [-0.25, -0.2) is 15.3 Å². The Labute approximate surface area is 163 Å². The first-order valence-electron chi connectivity index (χ1n) is 8.52. The number of anilines is 1. The summed E-state index contributed by atoms with van der Waals surface area (Å²) < 4.78 is 6.77. The number of ether oxygens (including phenoxy) is 1. The lowest BCUT2D eigenvalue weighted by molar-refractivity contribution is -0.118. The Morgan fingerprint density at radius 2 is 2.21 bits per heavy atom. The monoisotopic (exact) mass is 395 g/mol. The summed E-state index contributed by atoms with van der Waals surface area (Å²) in [5.41, 5.74) is 4.65. The minimum atomic E-state index is -0.415. The second-order valence-corrected chi connectivity index (χ2v) is 6.10. The molecule has 0 spiro atoms. The number of hydrazine groups is 1. The van der Waals surface area contributed by atoms with Crippen LogP contribution in [0.25, 0.3) is 5.65 Å². The number of amidine groups is 1. The molecule has 12 heteroatoms. The van der Waals surface area contributed by atoms with E-state index in [1.54, 1.807) is 24.3 Å². The third-order valence-electron chi connectivity index (χ3n) is 4.23. The van der Waals surface area contributed by atoms with Gasteiger partial charge in [-0.05, 0) is 23.8 Å². The maximum atomic E-state index is 12.7. The molecule has 3 aromatic rings. The first-order chi connectivity index (χ1) is 14.1. The average molecular weight is 395 g/mol. The molecule has 2 aromatic heterocycles. The number of nitrogens with one attached hydrogen (secondary N) is 3. The standard InChI is InChI=1S/C17H17N9O3/c18-24-16(25-19)12-6-11(22-14-3-4-21-26(12)14)17(28)20-7-9-1-2-13-10(5-9)23-15(27)8-29-13/h1-6H,7-8,18-19H2,(H,20,28)(H,23,27)(H,24,25). The summed E-state index contributed by atoms with van der Waals surface area (Å²) in [6.07, 6.45) is 1.53. The lowest BCUT2D eigenvalue weighted by atomic mass is 10.1. The quantitative estimate of drug-likeness (QED) is 0.163. The predicted octanol–water partition coefficient (Wildman–Crippen LogP) is -0.926. The van der Waals surface area contributed by atoms with Crippen molar-refractivity contribution in [2.75, 3.05) is 11.9 Å². The number of hydrogen-bond acceptors (Lipinski definition) is 8. The van der Waals surface area contributed by atoms with E-state index in [1.165, 1.54) is 16.8 Å². The number of rotatable bonds is 4. The van der Waals surface area contributed by atoms with Crippen LogP contribution in [0.4, 0.5) is 5.69 Å². The lowest BCUT2D eigenvalue weighted by Crippen LogP contribution is -2.34. The Morgan fingerprint density at radius 3 is 3.00 bits per heavy atom. The summed E-state index contributed by atoms with van der Waals surface area (Å²) in [6.45, 7) is 0.205. The highest BCUT2D eigenvalue weighted by molar-refractivity contribution is 6.00. The number of amides is 2. The third kappa shape index (κ3) is 3.51. The number of hydrazone groups is 1. The van der Waals surface area contributed by atoms with E-state index >= 15 is 0 Å². The van der Waals surface area contributed by atoms with Crippen molar-refractivity contribution in [2.24, 2.45) is 16.8 Å². The van der Waals surface area contributed by atoms with E-state index in [2.05, 4.69) is 31.2 Å². The second-order valence-electron chi connectivity index (χ2n) is 6.10. The minimum absolute atomic E-state index is 0.0140. The fraction of sp³-hybridized carbons (Fsp3) is 0.118. The highest BCUT2D eigenvalue weighted by atomic mass is 16.5. The van der Waals surface area contributed by atoms with Crippen molar-refractivity contribution >= 4 is 29.0 Å². The van der Waals surface area contributed by atoms with Crippen LogP contribution in [0, 0.1) is 0 Å². The summed E-state index contributed by atoms with van der Waals surface area (Å²) >= 11 is 0. The first-order valence-corrected chi connectivity index (χ1v) is 8.52. The number of nitrogens with zero attached hydrogens (tertiary/aromatic N) is 4. The van der Waals surface area contributed by atoms with E-state index in [-0.39, 0.29) is 30.6 Å². The van der Waals surface area contributed by atoms with Gasteiger partial charge in [-0.3, -0.25) is 9.59 Å². The van der Waals surface area contributed by atoms with Gasteiger partial charge in [0.1, 0.15) is 17.1 Å². The van der Waals surface area contributed by atoms with E-state index < -0.39 is 5.91 Å². The Bertz CT molecular complexity index is 1140. The molecule has 4 rings (SSSR count). The molecule has 148 valence electrons. The van der Waals surface area contributed by atoms with E-state index in [0.717, 1.165) is 5.56 Å². The summed E-state index contributed by atoms with van der Waals surface area (Å²) in [6, 6.07) is 8.39. The van der Waals surface area contributed by atoms with Crippen LogP contribution in [0.5, 0.6) is 5.75 Å². The van der Waals surface area contributed by atoms with Gasteiger partial charge in [0.25, 0.3) is 11.8 Å². The zero-order valence-corrected chi connectivity index (χ0v) is 15.0. The number of aromatic nitrogens is 3. The Hall–Kier alpha value is -4.19. The predicted molar refractivity (Wildman–Crippen MR) is 103 cm³/mol. The normalized spacial score (nSPS) is 13.4. The van der Waals surface area contributed by atoms with Gasteiger partial charge in [-0.15, -0.1) is 0 Å². The van der Waals surface area contributed by atoms with Crippen LogP contribution in [0.1, 0.15) is 21.7 Å². The van der Waals surface area contributed by atoms with Crippen molar-refractivity contribution in [1.82, 2.24) is 25.3 Å². The molecule has 0 fully saturated rings. The summed E-state index contributed by atoms with van der Waals surface area (Å²) in [5, 5.41) is 13.2. The number of benzene rings is 1. The highest BCUT2D eigenvalue weighted by Gasteiger charge is 2.18. The van der Waals surface area contributed by atoms with Crippen LogP contribution in [0.3, 0.4) is 0 Å². The van der Waals surface area contributed by atoms with Crippen molar-refractivity contribution in [1.29, 1.82) is 0 Å². The van der Waals surface area contributed by atoms with Crippen molar-refractivity contribution in [3.05, 3.63) is 53.5 Å². The molecule has 1 aliphatic heterocycles. The zero-order chi connectivity index (χ0) is 20.4. The van der Waals surface area contributed by atoms with E-state index in [0.29, 0.717) is 22.8 Å². The number of nitrogens with two attached hydrogens (primary N) is 2. The van der Waals surface area contributed by atoms with E-state index in [4.69, 9.17) is 16.4 Å². The van der Waals surface area contributed by atoms with Crippen molar-refractivity contribution in [2.45, 2.75) is 6.54 Å². The molecule has 12 nitrogen and oxygen atoms in total. The molecule has 7 N–H and O–H groups in total. The maximum Gasteiger partial charge on any atom is 0.270 e. The molecule has 0 unspecified atom stereocenters. The van der Waals surface area contributed by atoms with Gasteiger partial charge in [-0.2, -0.15) is 10.2 Å². The molecule has 0 radical (unpaired) electrons. The fourth-order valence-corrected chi connectivity index (χ4v) is 2.89. The van der Waals surface area contributed by atoms with Crippen LogP contribution in [0.15, 0.2) is 41.6 Å². The van der Waals surface area contributed by atoms with Gasteiger partial charge >= 0.3 is 0 Å². The SMILES string of the molecule is N/N=C(\NN)c1cc(C(=O)NCc2ccc3c(c2)NC(=O)CO3)nc2ccnn12. The zero-order valence-electron chi connectivity index (χ0n) is 15.0. The van der Waals surface area contributed by atoms with Gasteiger partial charge in [0.2, 0.25) is 0 Å². The van der Waals surface area contributed by atoms with Crippen LogP contribution in [0.2, 0.25) is 0 Å². The largest absolute Gasteiger partial charge is 0.482 e. The van der Waals surface area contributed by atoms with Gasteiger partial charge in [0.15, 0.2) is 18.1 Å². The molecule has 0 saturated heterocycles. The average Bonchev–Trinajstić information content (AvgIpc) is 3.21. The van der Waals surface area contributed by atoms with Gasteiger partial charge in [0, 0.05) is 12.6 Å². The molecular formula is C17H17N9O3. The molecule has 2 amide bonds. The van der Waals surface area contributed by atoms with Crippen molar-refractivity contribution in [3.63, 3.8) is 0 Å². The van der Waals surface area contributed by atoms with Gasteiger partial charge in [-0.1, -0.05) is 6.07 Å². The topological polar surface area (TPSA) is 174 Å². The Balaban J connectivity index is 1.55. The molecule has 1 aromatic carbocycles. The van der Waals surface area contributed by atoms with Gasteiger partial charge < -0.3 is 26.6 Å². The lowest BCUT2D eigenvalue weighted by Gasteiger charge is -2.18. The number of fused-ring (bicyclic) bond motifs is 2. The van der Waals surface area contributed by atoms with Crippen molar-refractivity contribution in [3.8, 4) is 5.75 Å². The number of carbonyl (C=O) groups excluding carboxylic acids is 2. The Kier molecular flexibility index (Phi) is 4.66. The smallest absolute Gasteiger partial charge is 0.270 e. The number of carbonyl (C=O) groups is 2. The van der Waals surface area contributed by atoms with Crippen LogP contribution in [-0.4, -0.2) is 38.9 Å². The molecular weight excluding hydrogens is 378 g/mol. The summed E-state index contributed by atoms with van der Waals surface area (Å²) in [5.74, 6) is 10.9. The number of hydrogen-bond donors (Lipinski definition) is 5. The fourth-order valence-electron chi connectivity index (χ4n) is 2.89. The maximum absolute atomic E-state index is 12.7. The van der Waals surface area contributed by atoms with E-state index in [1.807, 2.05) is 0 Å². The molecule has 0 bridgehead atoms. The van der Waals surface area contributed by atoms with Gasteiger partial charge in [0.05, 0.1) is 11.9 Å². The van der Waals surface area contributed by atoms with E-state index in [9.17, 15) is 9.59 Å². The molecule has 0 aliphatic carbocycles. The van der Waals surface area contributed by atoms with Crippen molar-refractivity contribution < 1.29 is 14.3 Å². The molecule has 1 aliphatic rings. The second kappa shape index (κ2) is 7.44. The summed E-state index contributed by atoms with van der Waals surface area (Å²) in [4.78, 5) is 28.4.